The van der Waals surface area contributed by atoms with E-state index < -0.39 is 17.6 Å². The highest BCUT2D eigenvalue weighted by Gasteiger charge is 2.32. The van der Waals surface area contributed by atoms with E-state index in [-0.39, 0.29) is 24.2 Å². The van der Waals surface area contributed by atoms with Crippen LogP contribution in [0.2, 0.25) is 0 Å². The van der Waals surface area contributed by atoms with Gasteiger partial charge in [0.2, 0.25) is 5.91 Å². The molecule has 0 aliphatic carbocycles. The molecule has 0 unspecified atom stereocenters. The monoisotopic (exact) mass is 440 g/mol. The van der Waals surface area contributed by atoms with Gasteiger partial charge in [0.15, 0.2) is 0 Å². The summed E-state index contributed by atoms with van der Waals surface area (Å²) in [6.07, 6.45) is -4.43. The molecular formula is C22H24F4N2O3. The Morgan fingerprint density at radius 1 is 1.19 bits per heavy atom. The molecule has 0 atom stereocenters. The molecule has 0 saturated carbocycles. The van der Waals surface area contributed by atoms with Crippen LogP contribution in [0.4, 0.5) is 17.6 Å². The third-order valence-corrected chi connectivity index (χ3v) is 5.01. The van der Waals surface area contributed by atoms with Crippen molar-refractivity contribution in [1.29, 1.82) is 0 Å². The zero-order valence-corrected chi connectivity index (χ0v) is 17.0. The molecule has 0 aromatic heterocycles. The van der Waals surface area contributed by atoms with Gasteiger partial charge in [0.1, 0.15) is 18.2 Å². The fourth-order valence-electron chi connectivity index (χ4n) is 3.28. The molecular weight excluding hydrogens is 416 g/mol. The van der Waals surface area contributed by atoms with Gasteiger partial charge in [-0.25, -0.2) is 4.39 Å². The average molecular weight is 440 g/mol. The lowest BCUT2D eigenvalue weighted by molar-refractivity contribution is -0.137. The van der Waals surface area contributed by atoms with Crippen LogP contribution in [0.15, 0.2) is 42.5 Å². The molecule has 1 N–H and O–H groups in total. The third kappa shape index (κ3) is 6.41. The summed E-state index contributed by atoms with van der Waals surface area (Å²) in [4.78, 5) is 13.9. The number of rotatable bonds is 9. The Kier molecular flexibility index (Phi) is 7.50. The lowest BCUT2D eigenvalue weighted by atomic mass is 9.98. The number of carbonyl (C=O) groups is 1. The van der Waals surface area contributed by atoms with Crippen LogP contribution in [-0.2, 0) is 28.9 Å². The number of nitrogens with zero attached hydrogens (tertiary/aromatic N) is 1. The topological polar surface area (TPSA) is 50.8 Å². The van der Waals surface area contributed by atoms with E-state index >= 15 is 0 Å². The molecule has 1 heterocycles. The predicted octanol–water partition coefficient (Wildman–Crippen LogP) is 3.62. The minimum absolute atomic E-state index is 0.0351. The smallest absolute Gasteiger partial charge is 0.416 e. The first-order valence-electron chi connectivity index (χ1n) is 9.82. The fraction of sp³-hybridized carbons (Fsp3) is 0.409. The number of hydrogen-bond donors (Lipinski definition) is 1. The molecule has 2 aromatic rings. The zero-order chi connectivity index (χ0) is 22.4. The Morgan fingerprint density at radius 3 is 2.65 bits per heavy atom. The van der Waals surface area contributed by atoms with E-state index in [1.807, 2.05) is 4.90 Å². The van der Waals surface area contributed by atoms with Crippen LogP contribution in [-0.4, -0.2) is 44.2 Å². The standard InChI is InChI=1S/C22H24F4N2O3/c1-30-8-7-27-21(29)17-12-28(13-17)11-16-5-6-19(10-20(16)23)31-14-15-3-2-4-18(9-15)22(24,25)26/h2-6,9-10,17H,7-8,11-14H2,1H3,(H,27,29). The molecule has 2 aromatic carbocycles. The van der Waals surface area contributed by atoms with Crippen molar-refractivity contribution in [3.63, 3.8) is 0 Å². The van der Waals surface area contributed by atoms with E-state index in [4.69, 9.17) is 9.47 Å². The molecule has 1 amide bonds. The van der Waals surface area contributed by atoms with Crippen LogP contribution in [0.25, 0.3) is 0 Å². The molecule has 0 radical (unpaired) electrons. The normalized spacial score (nSPS) is 14.9. The Morgan fingerprint density at radius 2 is 1.97 bits per heavy atom. The number of ether oxygens (including phenoxy) is 2. The third-order valence-electron chi connectivity index (χ3n) is 5.01. The van der Waals surface area contributed by atoms with Crippen LogP contribution >= 0.6 is 0 Å². The van der Waals surface area contributed by atoms with Crippen molar-refractivity contribution < 1.29 is 31.8 Å². The van der Waals surface area contributed by atoms with Crippen molar-refractivity contribution in [3.05, 3.63) is 65.0 Å². The van der Waals surface area contributed by atoms with Crippen molar-refractivity contribution in [2.45, 2.75) is 19.3 Å². The maximum absolute atomic E-state index is 14.4. The summed E-state index contributed by atoms with van der Waals surface area (Å²) in [5.74, 6) is -0.380. The molecule has 3 rings (SSSR count). The summed E-state index contributed by atoms with van der Waals surface area (Å²) in [5, 5.41) is 2.78. The molecule has 31 heavy (non-hydrogen) atoms. The molecule has 1 aliphatic rings. The van der Waals surface area contributed by atoms with Crippen LogP contribution in [0, 0.1) is 11.7 Å². The lowest BCUT2D eigenvalue weighted by Gasteiger charge is -2.38. The van der Waals surface area contributed by atoms with Crippen molar-refractivity contribution in [1.82, 2.24) is 10.2 Å². The number of benzene rings is 2. The maximum atomic E-state index is 14.4. The quantitative estimate of drug-likeness (QED) is 0.478. The summed E-state index contributed by atoms with van der Waals surface area (Å²) in [6.45, 7) is 2.27. The molecule has 9 heteroatoms. The minimum atomic E-state index is -4.43. The number of amides is 1. The Balaban J connectivity index is 1.48. The van der Waals surface area contributed by atoms with Crippen LogP contribution in [0.1, 0.15) is 16.7 Å². The van der Waals surface area contributed by atoms with Gasteiger partial charge in [-0.15, -0.1) is 0 Å². The van der Waals surface area contributed by atoms with Crippen LogP contribution in [0.3, 0.4) is 0 Å². The van der Waals surface area contributed by atoms with Gasteiger partial charge in [0, 0.05) is 44.9 Å². The van der Waals surface area contributed by atoms with E-state index in [2.05, 4.69) is 5.32 Å². The summed E-state index contributed by atoms with van der Waals surface area (Å²) >= 11 is 0. The second-order valence-corrected chi connectivity index (χ2v) is 7.41. The number of halogens is 4. The van der Waals surface area contributed by atoms with Gasteiger partial charge in [-0.05, 0) is 23.8 Å². The molecule has 168 valence electrons. The summed E-state index contributed by atoms with van der Waals surface area (Å²) < 4.78 is 63.1. The van der Waals surface area contributed by atoms with Gasteiger partial charge in [-0.1, -0.05) is 18.2 Å². The van der Waals surface area contributed by atoms with Crippen LogP contribution in [0.5, 0.6) is 5.75 Å². The summed E-state index contributed by atoms with van der Waals surface area (Å²) in [6, 6.07) is 9.22. The highest BCUT2D eigenvalue weighted by atomic mass is 19.4. The van der Waals surface area contributed by atoms with Gasteiger partial charge in [0.05, 0.1) is 18.1 Å². The minimum Gasteiger partial charge on any atom is -0.489 e. The van der Waals surface area contributed by atoms with Gasteiger partial charge in [-0.3, -0.25) is 9.69 Å². The van der Waals surface area contributed by atoms with Gasteiger partial charge < -0.3 is 14.8 Å². The predicted molar refractivity (Wildman–Crippen MR) is 106 cm³/mol. The SMILES string of the molecule is COCCNC(=O)C1CN(Cc2ccc(OCc3cccc(C(F)(F)F)c3)cc2F)C1. The first kappa shape index (κ1) is 23.0. The number of carbonyl (C=O) groups excluding carboxylic acids is 1. The number of alkyl halides is 3. The van der Waals surface area contributed by atoms with E-state index in [1.165, 1.54) is 18.2 Å². The first-order chi connectivity index (χ1) is 14.8. The highest BCUT2D eigenvalue weighted by molar-refractivity contribution is 5.80. The van der Waals surface area contributed by atoms with Crippen LogP contribution < -0.4 is 10.1 Å². The number of nitrogens with one attached hydrogen (secondary N) is 1. The number of methoxy groups -OCH3 is 1. The highest BCUT2D eigenvalue weighted by Crippen LogP contribution is 2.30. The van der Waals surface area contributed by atoms with Crippen molar-refractivity contribution >= 4 is 5.91 Å². The van der Waals surface area contributed by atoms with E-state index in [0.29, 0.717) is 43.9 Å². The number of likely N-dealkylation sites (tertiary alicyclic amines) is 1. The van der Waals surface area contributed by atoms with Gasteiger partial charge in [-0.2, -0.15) is 13.2 Å². The Hall–Kier alpha value is -2.65. The molecule has 1 saturated heterocycles. The molecule has 1 fully saturated rings. The largest absolute Gasteiger partial charge is 0.489 e. The molecule has 0 spiro atoms. The van der Waals surface area contributed by atoms with Crippen molar-refractivity contribution in [3.8, 4) is 5.75 Å². The second kappa shape index (κ2) is 10.1. The van der Waals surface area contributed by atoms with Gasteiger partial charge >= 0.3 is 6.18 Å². The molecule has 1 aliphatic heterocycles. The van der Waals surface area contributed by atoms with Crippen molar-refractivity contribution in [2.24, 2.45) is 5.92 Å². The Bertz CT molecular complexity index is 899. The van der Waals surface area contributed by atoms with Crippen molar-refractivity contribution in [2.75, 3.05) is 33.4 Å². The second-order valence-electron chi connectivity index (χ2n) is 7.41. The van der Waals surface area contributed by atoms with E-state index in [9.17, 15) is 22.4 Å². The van der Waals surface area contributed by atoms with E-state index in [0.717, 1.165) is 12.1 Å². The molecule has 0 bridgehead atoms. The summed E-state index contributed by atoms with van der Waals surface area (Å²) in [7, 11) is 1.56. The average Bonchev–Trinajstić information content (AvgIpc) is 2.69. The number of hydrogen-bond acceptors (Lipinski definition) is 4. The van der Waals surface area contributed by atoms with Gasteiger partial charge in [0.25, 0.3) is 0 Å². The first-order valence-corrected chi connectivity index (χ1v) is 9.82. The lowest BCUT2D eigenvalue weighted by Crippen LogP contribution is -2.53. The Labute approximate surface area is 177 Å². The molecule has 5 nitrogen and oxygen atoms in total. The maximum Gasteiger partial charge on any atom is 0.416 e. The fourth-order valence-corrected chi connectivity index (χ4v) is 3.28. The summed E-state index contributed by atoms with van der Waals surface area (Å²) in [5.41, 5.74) is 0.0507. The zero-order valence-electron chi connectivity index (χ0n) is 17.0. The van der Waals surface area contributed by atoms with E-state index in [1.54, 1.807) is 19.2 Å².